The minimum atomic E-state index is -0.442. The van der Waals surface area contributed by atoms with Crippen molar-refractivity contribution in [3.8, 4) is 0 Å². The summed E-state index contributed by atoms with van der Waals surface area (Å²) in [4.78, 5) is 25.3. The van der Waals surface area contributed by atoms with Gasteiger partial charge in [0, 0.05) is 12.5 Å². The zero-order valence-electron chi connectivity index (χ0n) is 16.5. The summed E-state index contributed by atoms with van der Waals surface area (Å²) in [6.45, 7) is 6.93. The number of hydrogen-bond acceptors (Lipinski definition) is 2. The van der Waals surface area contributed by atoms with Crippen molar-refractivity contribution < 1.29 is 9.59 Å². The van der Waals surface area contributed by atoms with Crippen LogP contribution in [0, 0.1) is 17.8 Å². The maximum Gasteiger partial charge on any atom is 0.242 e. The van der Waals surface area contributed by atoms with E-state index in [4.69, 9.17) is 0 Å². The molecule has 0 radical (unpaired) electrons. The second-order valence-electron chi connectivity index (χ2n) is 7.86. The van der Waals surface area contributed by atoms with E-state index in [2.05, 4.69) is 36.6 Å². The fourth-order valence-electron chi connectivity index (χ4n) is 3.58. The molecule has 2 amide bonds. The molecule has 2 atom stereocenters. The Morgan fingerprint density at radius 1 is 1.12 bits per heavy atom. The van der Waals surface area contributed by atoms with Gasteiger partial charge in [-0.3, -0.25) is 9.59 Å². The number of carbonyl (C=O) groups is 2. The first-order valence-corrected chi connectivity index (χ1v) is 10.1. The fourth-order valence-corrected chi connectivity index (χ4v) is 3.58. The largest absolute Gasteiger partial charge is 0.354 e. The van der Waals surface area contributed by atoms with Crippen LogP contribution in [0.5, 0.6) is 0 Å². The van der Waals surface area contributed by atoms with E-state index in [1.54, 1.807) is 0 Å². The molecule has 2 rings (SSSR count). The molecule has 2 N–H and O–H groups in total. The van der Waals surface area contributed by atoms with Gasteiger partial charge in [-0.2, -0.15) is 0 Å². The molecule has 4 nitrogen and oxygen atoms in total. The minimum absolute atomic E-state index is 0.0559. The van der Waals surface area contributed by atoms with Crippen LogP contribution >= 0.6 is 0 Å². The molecule has 1 fully saturated rings. The van der Waals surface area contributed by atoms with E-state index >= 15 is 0 Å². The van der Waals surface area contributed by atoms with Crippen molar-refractivity contribution in [1.29, 1.82) is 0 Å². The van der Waals surface area contributed by atoms with Crippen molar-refractivity contribution >= 4 is 11.8 Å². The SMILES string of the molecule is CCC(C)C(NC(=O)C1CCC(C)CC1)C(=O)NCCc1ccccc1. The molecule has 26 heavy (non-hydrogen) atoms. The first kappa shape index (κ1) is 20.5. The highest BCUT2D eigenvalue weighted by Crippen LogP contribution is 2.28. The summed E-state index contributed by atoms with van der Waals surface area (Å²) in [5.41, 5.74) is 1.20. The van der Waals surface area contributed by atoms with Gasteiger partial charge in [-0.1, -0.05) is 57.5 Å². The first-order chi connectivity index (χ1) is 12.5. The van der Waals surface area contributed by atoms with Crippen molar-refractivity contribution in [2.24, 2.45) is 17.8 Å². The van der Waals surface area contributed by atoms with Crippen LogP contribution in [0.3, 0.4) is 0 Å². The third-order valence-corrected chi connectivity index (χ3v) is 5.74. The molecule has 2 unspecified atom stereocenters. The van der Waals surface area contributed by atoms with Gasteiger partial charge in [0.15, 0.2) is 0 Å². The summed E-state index contributed by atoms with van der Waals surface area (Å²) in [7, 11) is 0. The molecule has 0 aromatic heterocycles. The Morgan fingerprint density at radius 2 is 1.77 bits per heavy atom. The monoisotopic (exact) mass is 358 g/mol. The molecule has 0 saturated heterocycles. The van der Waals surface area contributed by atoms with E-state index in [0.717, 1.165) is 38.5 Å². The Balaban J connectivity index is 1.86. The third-order valence-electron chi connectivity index (χ3n) is 5.74. The maximum absolute atomic E-state index is 12.7. The molecule has 0 heterocycles. The van der Waals surface area contributed by atoms with Crippen LogP contribution in [0.25, 0.3) is 0 Å². The topological polar surface area (TPSA) is 58.2 Å². The Kier molecular flexibility index (Phi) is 8.14. The molecule has 0 bridgehead atoms. The summed E-state index contributed by atoms with van der Waals surface area (Å²) in [5, 5.41) is 6.06. The number of hydrogen-bond donors (Lipinski definition) is 2. The lowest BCUT2D eigenvalue weighted by atomic mass is 9.82. The van der Waals surface area contributed by atoms with Crippen LogP contribution in [0.2, 0.25) is 0 Å². The van der Waals surface area contributed by atoms with E-state index in [9.17, 15) is 9.59 Å². The second kappa shape index (κ2) is 10.3. The lowest BCUT2D eigenvalue weighted by Gasteiger charge is -2.29. The van der Waals surface area contributed by atoms with Crippen molar-refractivity contribution in [1.82, 2.24) is 10.6 Å². The summed E-state index contributed by atoms with van der Waals surface area (Å²) in [6.07, 6.45) is 5.75. The highest BCUT2D eigenvalue weighted by atomic mass is 16.2. The van der Waals surface area contributed by atoms with Crippen LogP contribution in [0.15, 0.2) is 30.3 Å². The molecule has 0 spiro atoms. The summed E-state index contributed by atoms with van der Waals surface area (Å²) >= 11 is 0. The summed E-state index contributed by atoms with van der Waals surface area (Å²) in [5.74, 6) is 0.895. The highest BCUT2D eigenvalue weighted by Gasteiger charge is 2.30. The molecule has 144 valence electrons. The van der Waals surface area contributed by atoms with E-state index in [1.807, 2.05) is 25.1 Å². The van der Waals surface area contributed by atoms with Crippen molar-refractivity contribution in [2.75, 3.05) is 6.54 Å². The van der Waals surface area contributed by atoms with Gasteiger partial charge in [0.2, 0.25) is 11.8 Å². The predicted octanol–water partition coefficient (Wildman–Crippen LogP) is 3.70. The first-order valence-electron chi connectivity index (χ1n) is 10.1. The van der Waals surface area contributed by atoms with Gasteiger partial charge >= 0.3 is 0 Å². The van der Waals surface area contributed by atoms with E-state index in [-0.39, 0.29) is 23.7 Å². The smallest absolute Gasteiger partial charge is 0.242 e. The maximum atomic E-state index is 12.7. The lowest BCUT2D eigenvalue weighted by Crippen LogP contribution is -2.52. The van der Waals surface area contributed by atoms with Crippen LogP contribution in [-0.2, 0) is 16.0 Å². The Bertz CT molecular complexity index is 565. The lowest BCUT2D eigenvalue weighted by molar-refractivity contribution is -0.133. The number of rotatable bonds is 8. The molecular formula is C22H34N2O2. The van der Waals surface area contributed by atoms with E-state index < -0.39 is 6.04 Å². The number of carbonyl (C=O) groups excluding carboxylic acids is 2. The van der Waals surface area contributed by atoms with Crippen LogP contribution in [0.1, 0.15) is 58.4 Å². The van der Waals surface area contributed by atoms with Gasteiger partial charge in [0.1, 0.15) is 6.04 Å². The van der Waals surface area contributed by atoms with E-state index in [0.29, 0.717) is 12.5 Å². The number of benzene rings is 1. The zero-order valence-corrected chi connectivity index (χ0v) is 16.5. The van der Waals surface area contributed by atoms with Gasteiger partial charge in [0.25, 0.3) is 0 Å². The van der Waals surface area contributed by atoms with Crippen LogP contribution < -0.4 is 10.6 Å². The Labute approximate surface area is 158 Å². The summed E-state index contributed by atoms with van der Waals surface area (Å²) < 4.78 is 0. The molecule has 1 aromatic rings. The average molecular weight is 359 g/mol. The second-order valence-corrected chi connectivity index (χ2v) is 7.86. The normalized spacial score (nSPS) is 22.3. The van der Waals surface area contributed by atoms with Gasteiger partial charge < -0.3 is 10.6 Å². The standard InChI is InChI=1S/C22H34N2O2/c1-4-17(3)20(24-21(25)19-12-10-16(2)11-13-19)22(26)23-15-14-18-8-6-5-7-9-18/h5-9,16-17,19-20H,4,10-15H2,1-3H3,(H,23,26)(H,24,25). The molecule has 1 saturated carbocycles. The van der Waals surface area contributed by atoms with Gasteiger partial charge in [-0.05, 0) is 49.5 Å². The third kappa shape index (κ3) is 6.15. The van der Waals surface area contributed by atoms with Crippen LogP contribution in [-0.4, -0.2) is 24.4 Å². The fraction of sp³-hybridized carbons (Fsp3) is 0.636. The van der Waals surface area contributed by atoms with Gasteiger partial charge in [0.05, 0.1) is 0 Å². The molecule has 1 aliphatic rings. The Morgan fingerprint density at radius 3 is 2.38 bits per heavy atom. The average Bonchev–Trinajstić information content (AvgIpc) is 2.66. The highest BCUT2D eigenvalue weighted by molar-refractivity contribution is 5.88. The van der Waals surface area contributed by atoms with Gasteiger partial charge in [-0.15, -0.1) is 0 Å². The number of amides is 2. The summed E-state index contributed by atoms with van der Waals surface area (Å²) in [6, 6.07) is 9.67. The van der Waals surface area contributed by atoms with Crippen LogP contribution in [0.4, 0.5) is 0 Å². The predicted molar refractivity (Wildman–Crippen MR) is 106 cm³/mol. The molecule has 0 aliphatic heterocycles. The number of nitrogens with one attached hydrogen (secondary N) is 2. The molecule has 1 aromatic carbocycles. The van der Waals surface area contributed by atoms with Crippen molar-refractivity contribution in [3.63, 3.8) is 0 Å². The van der Waals surface area contributed by atoms with Crippen molar-refractivity contribution in [3.05, 3.63) is 35.9 Å². The van der Waals surface area contributed by atoms with E-state index in [1.165, 1.54) is 5.56 Å². The van der Waals surface area contributed by atoms with Gasteiger partial charge in [-0.25, -0.2) is 0 Å². The quantitative estimate of drug-likeness (QED) is 0.744. The van der Waals surface area contributed by atoms with Crippen molar-refractivity contribution in [2.45, 2.75) is 65.3 Å². The zero-order chi connectivity index (χ0) is 18.9. The Hall–Kier alpha value is -1.84. The molecule has 1 aliphatic carbocycles. The molecule has 4 heteroatoms. The minimum Gasteiger partial charge on any atom is -0.354 e. The molecular weight excluding hydrogens is 324 g/mol.